The number of aromatic nitrogens is 2. The maximum absolute atomic E-state index is 10.8. The predicted octanol–water partition coefficient (Wildman–Crippen LogP) is 0.408. The van der Waals surface area contributed by atoms with E-state index in [2.05, 4.69) is 9.97 Å². The van der Waals surface area contributed by atoms with Gasteiger partial charge < -0.3 is 15.8 Å². The van der Waals surface area contributed by atoms with Crippen LogP contribution < -0.4 is 5.73 Å². The van der Waals surface area contributed by atoms with Crippen molar-refractivity contribution in [2.24, 2.45) is 5.73 Å². The van der Waals surface area contributed by atoms with Gasteiger partial charge in [0.25, 0.3) is 0 Å². The highest BCUT2D eigenvalue weighted by Crippen LogP contribution is 2.26. The number of aliphatic carboxylic acids is 1. The topological polar surface area (TPSA) is 92.0 Å². The molecule has 0 aromatic carbocycles. The van der Waals surface area contributed by atoms with Crippen LogP contribution in [-0.2, 0) is 10.2 Å². The summed E-state index contributed by atoms with van der Waals surface area (Å²) >= 11 is 0. The summed E-state index contributed by atoms with van der Waals surface area (Å²) in [6.07, 6.45) is 1.54. The lowest BCUT2D eigenvalue weighted by Gasteiger charge is -2.27. The van der Waals surface area contributed by atoms with Crippen molar-refractivity contribution in [3.63, 3.8) is 0 Å². The number of carboxylic acid groups (broad SMARTS) is 1. The lowest BCUT2D eigenvalue weighted by atomic mass is 9.81. The molecular formula is C9H15N3O2. The Morgan fingerprint density at radius 2 is 2.29 bits per heavy atom. The van der Waals surface area contributed by atoms with E-state index in [-0.39, 0.29) is 0 Å². The minimum atomic E-state index is -1.02. The first-order valence-corrected chi connectivity index (χ1v) is 4.36. The van der Waals surface area contributed by atoms with E-state index in [1.54, 1.807) is 20.2 Å². The molecule has 0 radical (unpaired) electrons. The number of aromatic amines is 1. The monoisotopic (exact) mass is 197 g/mol. The van der Waals surface area contributed by atoms with E-state index in [9.17, 15) is 4.79 Å². The van der Waals surface area contributed by atoms with Gasteiger partial charge in [0.05, 0.1) is 12.0 Å². The first kappa shape index (κ1) is 10.7. The Morgan fingerprint density at radius 3 is 2.64 bits per heavy atom. The highest BCUT2D eigenvalue weighted by Gasteiger charge is 2.36. The van der Waals surface area contributed by atoms with Crippen LogP contribution in [0.5, 0.6) is 0 Å². The molecule has 0 aliphatic carbocycles. The van der Waals surface area contributed by atoms with Crippen molar-refractivity contribution < 1.29 is 9.90 Å². The van der Waals surface area contributed by atoms with E-state index in [0.717, 1.165) is 5.69 Å². The van der Waals surface area contributed by atoms with Gasteiger partial charge in [-0.15, -0.1) is 0 Å². The standard InChI is InChI=1S/C9H15N3O2/c1-5-7(12-4-11-5)9(2,3)6(10)8(13)14/h4,6H,10H2,1-3H3,(H,11,12)(H,13,14). The van der Waals surface area contributed by atoms with Gasteiger partial charge in [-0.25, -0.2) is 4.98 Å². The van der Waals surface area contributed by atoms with Gasteiger partial charge in [-0.1, -0.05) is 13.8 Å². The Hall–Kier alpha value is -1.36. The Bertz CT molecular complexity index is 344. The smallest absolute Gasteiger partial charge is 0.321 e. The Kier molecular flexibility index (Phi) is 2.62. The number of hydrogen-bond donors (Lipinski definition) is 3. The van der Waals surface area contributed by atoms with Crippen LogP contribution in [-0.4, -0.2) is 27.1 Å². The van der Waals surface area contributed by atoms with Crippen LogP contribution in [0.15, 0.2) is 6.33 Å². The number of nitrogens with zero attached hydrogens (tertiary/aromatic N) is 1. The van der Waals surface area contributed by atoms with Crippen LogP contribution in [0.25, 0.3) is 0 Å². The van der Waals surface area contributed by atoms with Crippen molar-refractivity contribution in [3.8, 4) is 0 Å². The molecule has 5 nitrogen and oxygen atoms in total. The van der Waals surface area contributed by atoms with E-state index in [0.29, 0.717) is 5.69 Å². The van der Waals surface area contributed by atoms with Crippen molar-refractivity contribution in [1.82, 2.24) is 9.97 Å². The van der Waals surface area contributed by atoms with Crippen molar-refractivity contribution in [2.75, 3.05) is 0 Å². The molecule has 1 aromatic heterocycles. The van der Waals surface area contributed by atoms with Crippen LogP contribution in [0.4, 0.5) is 0 Å². The lowest BCUT2D eigenvalue weighted by Crippen LogP contribution is -2.47. The summed E-state index contributed by atoms with van der Waals surface area (Å²) in [5.74, 6) is -1.02. The van der Waals surface area contributed by atoms with Crippen molar-refractivity contribution in [2.45, 2.75) is 32.2 Å². The third-order valence-electron chi connectivity index (χ3n) is 2.48. The second-order valence-corrected chi connectivity index (χ2v) is 3.91. The number of imidazole rings is 1. The zero-order valence-corrected chi connectivity index (χ0v) is 8.53. The molecule has 1 atom stereocenters. The quantitative estimate of drug-likeness (QED) is 0.654. The molecule has 1 rings (SSSR count). The summed E-state index contributed by atoms with van der Waals surface area (Å²) in [6, 6.07) is -0.954. The summed E-state index contributed by atoms with van der Waals surface area (Å²) in [6.45, 7) is 5.39. The Balaban J connectivity index is 3.07. The van der Waals surface area contributed by atoms with Crippen LogP contribution in [0.1, 0.15) is 25.2 Å². The van der Waals surface area contributed by atoms with E-state index in [4.69, 9.17) is 10.8 Å². The molecule has 0 aliphatic heterocycles. The molecule has 0 fully saturated rings. The highest BCUT2D eigenvalue weighted by molar-refractivity contribution is 5.75. The summed E-state index contributed by atoms with van der Waals surface area (Å²) in [5, 5.41) is 8.84. The summed E-state index contributed by atoms with van der Waals surface area (Å²) in [7, 11) is 0. The molecular weight excluding hydrogens is 182 g/mol. The molecule has 14 heavy (non-hydrogen) atoms. The van der Waals surface area contributed by atoms with Crippen molar-refractivity contribution in [3.05, 3.63) is 17.7 Å². The van der Waals surface area contributed by atoms with Crippen LogP contribution in [0.3, 0.4) is 0 Å². The second-order valence-electron chi connectivity index (χ2n) is 3.91. The number of rotatable bonds is 3. The number of H-pyrrole nitrogens is 1. The number of hydrogen-bond acceptors (Lipinski definition) is 3. The SMILES string of the molecule is Cc1[nH]cnc1C(C)(C)C(N)C(=O)O. The van der Waals surface area contributed by atoms with Gasteiger partial charge in [-0.2, -0.15) is 0 Å². The molecule has 4 N–H and O–H groups in total. The van der Waals surface area contributed by atoms with E-state index < -0.39 is 17.4 Å². The summed E-state index contributed by atoms with van der Waals surface area (Å²) in [5.41, 5.74) is 6.48. The molecule has 5 heteroatoms. The molecule has 0 amide bonds. The molecule has 0 saturated heterocycles. The second kappa shape index (κ2) is 3.42. The molecule has 1 aromatic rings. The van der Waals surface area contributed by atoms with E-state index in [1.807, 2.05) is 6.92 Å². The maximum atomic E-state index is 10.8. The van der Waals surface area contributed by atoms with Crippen molar-refractivity contribution >= 4 is 5.97 Å². The minimum Gasteiger partial charge on any atom is -0.480 e. The summed E-state index contributed by atoms with van der Waals surface area (Å²) < 4.78 is 0. The lowest BCUT2D eigenvalue weighted by molar-refractivity contribution is -0.140. The number of aryl methyl sites for hydroxylation is 1. The zero-order chi connectivity index (χ0) is 10.9. The normalized spacial score (nSPS) is 14.0. The van der Waals surface area contributed by atoms with Gasteiger partial charge in [-0.3, -0.25) is 4.79 Å². The number of carbonyl (C=O) groups is 1. The first-order valence-electron chi connectivity index (χ1n) is 4.36. The molecule has 78 valence electrons. The van der Waals surface area contributed by atoms with Gasteiger partial charge in [-0.05, 0) is 6.92 Å². The average molecular weight is 197 g/mol. The third kappa shape index (κ3) is 1.63. The average Bonchev–Trinajstić information content (AvgIpc) is 2.50. The zero-order valence-electron chi connectivity index (χ0n) is 8.53. The fourth-order valence-corrected chi connectivity index (χ4v) is 1.46. The van der Waals surface area contributed by atoms with Gasteiger partial charge in [0.2, 0.25) is 0 Å². The Morgan fingerprint density at radius 1 is 1.71 bits per heavy atom. The maximum Gasteiger partial charge on any atom is 0.321 e. The van der Waals surface area contributed by atoms with Crippen molar-refractivity contribution in [1.29, 1.82) is 0 Å². The minimum absolute atomic E-state index is 0.671. The van der Waals surface area contributed by atoms with E-state index >= 15 is 0 Å². The van der Waals surface area contributed by atoms with Crippen LogP contribution in [0.2, 0.25) is 0 Å². The molecule has 0 spiro atoms. The van der Waals surface area contributed by atoms with Gasteiger partial charge >= 0.3 is 5.97 Å². The summed E-state index contributed by atoms with van der Waals surface area (Å²) in [4.78, 5) is 17.8. The van der Waals surface area contributed by atoms with E-state index in [1.165, 1.54) is 0 Å². The molecule has 0 aliphatic rings. The van der Waals surface area contributed by atoms with Crippen LogP contribution in [0, 0.1) is 6.92 Å². The van der Waals surface area contributed by atoms with Gasteiger partial charge in [0.15, 0.2) is 0 Å². The first-order chi connectivity index (χ1) is 6.37. The highest BCUT2D eigenvalue weighted by atomic mass is 16.4. The number of nitrogens with one attached hydrogen (secondary N) is 1. The van der Waals surface area contributed by atoms with Gasteiger partial charge in [0, 0.05) is 11.1 Å². The number of nitrogens with two attached hydrogens (primary N) is 1. The molecule has 0 bridgehead atoms. The van der Waals surface area contributed by atoms with Gasteiger partial charge in [0.1, 0.15) is 6.04 Å². The largest absolute Gasteiger partial charge is 0.480 e. The third-order valence-corrected chi connectivity index (χ3v) is 2.48. The predicted molar refractivity (Wildman–Crippen MR) is 52.0 cm³/mol. The Labute approximate surface area is 82.3 Å². The molecule has 0 saturated carbocycles. The fraction of sp³-hybridized carbons (Fsp3) is 0.556. The van der Waals surface area contributed by atoms with Crippen LogP contribution >= 0.6 is 0 Å². The number of carboxylic acids is 1. The molecule has 1 unspecified atom stereocenters. The fourth-order valence-electron chi connectivity index (χ4n) is 1.46. The molecule has 1 heterocycles.